The molecule has 0 aliphatic carbocycles. The summed E-state index contributed by atoms with van der Waals surface area (Å²) >= 11 is 3.82. The molecule has 6 heteroatoms. The second-order valence-corrected chi connectivity index (χ2v) is 2.87. The predicted octanol–water partition coefficient (Wildman–Crippen LogP) is 1.22. The smallest absolute Gasteiger partial charge is 0.269 e. The molecule has 0 saturated carbocycles. The van der Waals surface area contributed by atoms with Crippen LogP contribution in [0.1, 0.15) is 0 Å². The van der Waals surface area contributed by atoms with Gasteiger partial charge in [0.05, 0.1) is 10.7 Å². The summed E-state index contributed by atoms with van der Waals surface area (Å²) in [6.45, 7) is 0. The molecule has 0 aliphatic rings. The molecule has 0 fully saturated rings. The van der Waals surface area contributed by atoms with Gasteiger partial charge >= 0.3 is 0 Å². The Hall–Kier alpha value is -1.27. The standard InChI is InChI=1S/C8H9NO4S/c10-8(5-14)13-7-3-1-6(2-4-7)9(11)12/h1-4,8,10,14H,5H2. The molecule has 14 heavy (non-hydrogen) atoms. The van der Waals surface area contributed by atoms with E-state index in [9.17, 15) is 10.1 Å². The van der Waals surface area contributed by atoms with E-state index in [1.54, 1.807) is 0 Å². The van der Waals surface area contributed by atoms with Crippen LogP contribution in [0.2, 0.25) is 0 Å². The Morgan fingerprint density at radius 1 is 1.50 bits per heavy atom. The van der Waals surface area contributed by atoms with Crippen LogP contribution in [0.15, 0.2) is 24.3 Å². The van der Waals surface area contributed by atoms with E-state index in [2.05, 4.69) is 12.6 Å². The van der Waals surface area contributed by atoms with Gasteiger partial charge in [-0.15, -0.1) is 0 Å². The number of nitro groups is 1. The number of nitrogens with zero attached hydrogens (tertiary/aromatic N) is 1. The lowest BCUT2D eigenvalue weighted by Crippen LogP contribution is -2.16. The molecular weight excluding hydrogens is 206 g/mol. The molecule has 0 saturated heterocycles. The second kappa shape index (κ2) is 4.83. The molecule has 0 amide bonds. The highest BCUT2D eigenvalue weighted by Gasteiger charge is 2.06. The molecule has 0 bridgehead atoms. The molecule has 76 valence electrons. The molecule has 1 unspecified atom stereocenters. The van der Waals surface area contributed by atoms with Gasteiger partial charge in [-0.25, -0.2) is 0 Å². The third kappa shape index (κ3) is 2.90. The fourth-order valence-electron chi connectivity index (χ4n) is 0.841. The van der Waals surface area contributed by atoms with E-state index in [0.29, 0.717) is 5.75 Å². The van der Waals surface area contributed by atoms with Gasteiger partial charge in [0.15, 0.2) is 0 Å². The fraction of sp³-hybridized carbons (Fsp3) is 0.250. The molecule has 1 aromatic rings. The van der Waals surface area contributed by atoms with Crippen molar-refractivity contribution >= 4 is 18.3 Å². The Bertz CT molecular complexity index is 314. The van der Waals surface area contributed by atoms with Crippen LogP contribution in [0.25, 0.3) is 0 Å². The van der Waals surface area contributed by atoms with Crippen molar-refractivity contribution < 1.29 is 14.8 Å². The van der Waals surface area contributed by atoms with Crippen LogP contribution in [0.4, 0.5) is 5.69 Å². The number of aliphatic hydroxyl groups excluding tert-OH is 1. The molecule has 1 aromatic carbocycles. The summed E-state index contributed by atoms with van der Waals surface area (Å²) in [7, 11) is 0. The Morgan fingerprint density at radius 2 is 2.07 bits per heavy atom. The van der Waals surface area contributed by atoms with Gasteiger partial charge in [0.2, 0.25) is 6.29 Å². The largest absolute Gasteiger partial charge is 0.464 e. The van der Waals surface area contributed by atoms with Gasteiger partial charge in [-0.05, 0) is 12.1 Å². The predicted molar refractivity (Wildman–Crippen MR) is 53.6 cm³/mol. The van der Waals surface area contributed by atoms with Crippen LogP contribution in [0.5, 0.6) is 5.75 Å². The molecule has 0 aromatic heterocycles. The number of hydrogen-bond acceptors (Lipinski definition) is 5. The first-order valence-electron chi connectivity index (χ1n) is 3.83. The van der Waals surface area contributed by atoms with E-state index in [1.165, 1.54) is 24.3 Å². The zero-order chi connectivity index (χ0) is 10.6. The van der Waals surface area contributed by atoms with E-state index < -0.39 is 11.2 Å². The first kappa shape index (κ1) is 10.8. The molecule has 1 N–H and O–H groups in total. The molecule has 1 rings (SSSR count). The molecule has 0 heterocycles. The van der Waals surface area contributed by atoms with Crippen LogP contribution in [-0.4, -0.2) is 22.1 Å². The average Bonchev–Trinajstić information content (AvgIpc) is 2.18. The number of hydrogen-bond donors (Lipinski definition) is 2. The van der Waals surface area contributed by atoms with Crippen molar-refractivity contribution in [2.24, 2.45) is 0 Å². The average molecular weight is 215 g/mol. The van der Waals surface area contributed by atoms with E-state index in [1.807, 2.05) is 0 Å². The maximum absolute atomic E-state index is 10.3. The quantitative estimate of drug-likeness (QED) is 0.343. The minimum Gasteiger partial charge on any atom is -0.464 e. The van der Waals surface area contributed by atoms with Gasteiger partial charge in [0.25, 0.3) is 5.69 Å². The molecule has 0 radical (unpaired) electrons. The van der Waals surface area contributed by atoms with Crippen molar-refractivity contribution in [2.45, 2.75) is 6.29 Å². The van der Waals surface area contributed by atoms with Crippen molar-refractivity contribution in [2.75, 3.05) is 5.75 Å². The molecule has 0 aliphatic heterocycles. The summed E-state index contributed by atoms with van der Waals surface area (Å²) in [5.74, 6) is 0.536. The van der Waals surface area contributed by atoms with Gasteiger partial charge in [-0.1, -0.05) is 0 Å². The second-order valence-electron chi connectivity index (χ2n) is 2.51. The van der Waals surface area contributed by atoms with Crippen LogP contribution in [0.3, 0.4) is 0 Å². The Morgan fingerprint density at radius 3 is 2.50 bits per heavy atom. The summed E-state index contributed by atoms with van der Waals surface area (Å²) in [5.41, 5.74) is -0.0160. The van der Waals surface area contributed by atoms with Crippen molar-refractivity contribution in [1.82, 2.24) is 0 Å². The van der Waals surface area contributed by atoms with Crippen molar-refractivity contribution in [3.63, 3.8) is 0 Å². The highest BCUT2D eigenvalue weighted by atomic mass is 32.1. The molecule has 1 atom stereocenters. The third-order valence-electron chi connectivity index (χ3n) is 1.48. The fourth-order valence-corrected chi connectivity index (χ4v) is 0.915. The number of non-ortho nitro benzene ring substituents is 1. The summed E-state index contributed by atoms with van der Waals surface area (Å²) in [4.78, 5) is 9.79. The monoisotopic (exact) mass is 215 g/mol. The third-order valence-corrected chi connectivity index (χ3v) is 1.79. The SMILES string of the molecule is O=[N+]([O-])c1ccc(OC(O)CS)cc1. The summed E-state index contributed by atoms with van der Waals surface area (Å²) < 4.78 is 4.95. The number of ether oxygens (including phenoxy) is 1. The summed E-state index contributed by atoms with van der Waals surface area (Å²) in [6.07, 6.45) is -1.00. The Kier molecular flexibility index (Phi) is 3.73. The number of nitro benzene ring substituents is 1. The minimum absolute atomic E-state index is 0.0160. The summed E-state index contributed by atoms with van der Waals surface area (Å²) in [5, 5.41) is 19.4. The van der Waals surface area contributed by atoms with E-state index in [0.717, 1.165) is 0 Å². The molecule has 0 spiro atoms. The minimum atomic E-state index is -1.00. The highest BCUT2D eigenvalue weighted by Crippen LogP contribution is 2.18. The van der Waals surface area contributed by atoms with Crippen LogP contribution in [-0.2, 0) is 0 Å². The van der Waals surface area contributed by atoms with Gasteiger partial charge in [-0.3, -0.25) is 10.1 Å². The van der Waals surface area contributed by atoms with Crippen molar-refractivity contribution in [1.29, 1.82) is 0 Å². The number of aliphatic hydroxyl groups is 1. The maximum atomic E-state index is 10.3. The number of benzene rings is 1. The first-order valence-corrected chi connectivity index (χ1v) is 4.47. The van der Waals surface area contributed by atoms with Gasteiger partial charge in [-0.2, -0.15) is 12.6 Å². The van der Waals surface area contributed by atoms with Crippen molar-refractivity contribution in [3.05, 3.63) is 34.4 Å². The lowest BCUT2D eigenvalue weighted by molar-refractivity contribution is -0.384. The number of rotatable bonds is 4. The lowest BCUT2D eigenvalue weighted by atomic mass is 10.3. The topological polar surface area (TPSA) is 72.6 Å². The molecular formula is C8H9NO4S. The Balaban J connectivity index is 2.68. The highest BCUT2D eigenvalue weighted by molar-refractivity contribution is 7.80. The maximum Gasteiger partial charge on any atom is 0.269 e. The van der Waals surface area contributed by atoms with Crippen LogP contribution >= 0.6 is 12.6 Å². The van der Waals surface area contributed by atoms with E-state index in [4.69, 9.17) is 9.84 Å². The van der Waals surface area contributed by atoms with Gasteiger partial charge in [0.1, 0.15) is 5.75 Å². The normalized spacial score (nSPS) is 12.1. The summed E-state index contributed by atoms with van der Waals surface area (Å²) in [6, 6.07) is 5.46. The van der Waals surface area contributed by atoms with Crippen LogP contribution < -0.4 is 4.74 Å². The Labute approximate surface area is 85.9 Å². The van der Waals surface area contributed by atoms with E-state index in [-0.39, 0.29) is 11.4 Å². The number of thiol groups is 1. The van der Waals surface area contributed by atoms with Crippen LogP contribution in [0, 0.1) is 10.1 Å². The van der Waals surface area contributed by atoms with Gasteiger partial charge in [0, 0.05) is 12.1 Å². The molecule has 5 nitrogen and oxygen atoms in total. The van der Waals surface area contributed by atoms with E-state index >= 15 is 0 Å². The zero-order valence-corrected chi connectivity index (χ0v) is 8.05. The lowest BCUT2D eigenvalue weighted by Gasteiger charge is -2.09. The first-order chi connectivity index (χ1) is 6.63. The van der Waals surface area contributed by atoms with Gasteiger partial charge < -0.3 is 9.84 Å². The zero-order valence-electron chi connectivity index (χ0n) is 7.16. The van der Waals surface area contributed by atoms with Crippen molar-refractivity contribution in [3.8, 4) is 5.75 Å².